The number of amides is 1. The van der Waals surface area contributed by atoms with Gasteiger partial charge in [0.2, 0.25) is 5.91 Å². The highest BCUT2D eigenvalue weighted by Crippen LogP contribution is 2.15. The molecule has 0 aromatic heterocycles. The zero-order valence-electron chi connectivity index (χ0n) is 11.0. The van der Waals surface area contributed by atoms with Crippen LogP contribution in [0, 0.1) is 0 Å². The number of hydrogen-bond donors (Lipinski definition) is 1. The van der Waals surface area contributed by atoms with Crippen LogP contribution >= 0.6 is 15.9 Å². The van der Waals surface area contributed by atoms with E-state index < -0.39 is 15.6 Å². The van der Waals surface area contributed by atoms with Crippen LogP contribution in [0.15, 0.2) is 28.7 Å². The largest absolute Gasteiger partial charge is 0.340 e. The number of halogens is 1. The summed E-state index contributed by atoms with van der Waals surface area (Å²) >= 11 is 3.30. The van der Waals surface area contributed by atoms with Gasteiger partial charge < -0.3 is 10.6 Å². The number of benzene rings is 1. The molecule has 2 N–H and O–H groups in total. The highest BCUT2D eigenvalue weighted by atomic mass is 79.9. The van der Waals surface area contributed by atoms with Crippen LogP contribution < -0.4 is 5.73 Å². The van der Waals surface area contributed by atoms with Gasteiger partial charge in [-0.3, -0.25) is 4.79 Å². The minimum atomic E-state index is -3.46. The fourth-order valence-corrected chi connectivity index (χ4v) is 4.02. The molecule has 1 saturated heterocycles. The van der Waals surface area contributed by atoms with Crippen molar-refractivity contribution in [2.45, 2.75) is 18.2 Å². The summed E-state index contributed by atoms with van der Waals surface area (Å²) in [6.45, 7) is 0.998. The number of hydrogen-bond acceptors (Lipinski definition) is 4. The van der Waals surface area contributed by atoms with Crippen molar-refractivity contribution in [3.8, 4) is 0 Å². The van der Waals surface area contributed by atoms with E-state index in [9.17, 15) is 13.2 Å². The molecule has 1 atom stereocenters. The molecule has 1 aliphatic heterocycles. The summed E-state index contributed by atoms with van der Waals surface area (Å²) in [6.07, 6.45) is 0.734. The lowest BCUT2D eigenvalue weighted by Gasteiger charge is -2.15. The third-order valence-electron chi connectivity index (χ3n) is 3.20. The third kappa shape index (κ3) is 4.29. The molecule has 1 heterocycles. The highest BCUT2D eigenvalue weighted by Gasteiger charge is 2.27. The first kappa shape index (κ1) is 15.5. The number of nitrogens with two attached hydrogens (primary N) is 1. The molecule has 0 aliphatic carbocycles. The first-order valence-corrected chi connectivity index (χ1v) is 8.95. The van der Waals surface area contributed by atoms with Crippen LogP contribution in [0.5, 0.6) is 0 Å². The summed E-state index contributed by atoms with van der Waals surface area (Å²) in [7, 11) is -3.46. The molecule has 1 fully saturated rings. The van der Waals surface area contributed by atoms with Gasteiger partial charge in [-0.25, -0.2) is 8.42 Å². The summed E-state index contributed by atoms with van der Waals surface area (Å²) in [4.78, 5) is 13.5. The smallest absolute Gasteiger partial charge is 0.237 e. The molecular formula is C13H17BrN2O3S. The first-order chi connectivity index (χ1) is 9.35. The molecule has 2 rings (SSSR count). The Kier molecular flexibility index (Phi) is 4.82. The number of carbonyl (C=O) groups excluding carboxylic acids is 1. The van der Waals surface area contributed by atoms with Gasteiger partial charge in [0.25, 0.3) is 0 Å². The molecule has 20 heavy (non-hydrogen) atoms. The molecule has 110 valence electrons. The fourth-order valence-electron chi connectivity index (χ4n) is 2.22. The first-order valence-electron chi connectivity index (χ1n) is 6.34. The Balaban J connectivity index is 1.99. The Bertz CT molecular complexity index is 603. The average Bonchev–Trinajstić information content (AvgIpc) is 2.74. The zero-order valence-corrected chi connectivity index (χ0v) is 13.4. The van der Waals surface area contributed by atoms with E-state index in [0.29, 0.717) is 18.7 Å². The van der Waals surface area contributed by atoms with Crippen molar-refractivity contribution in [2.75, 3.05) is 18.8 Å². The monoisotopic (exact) mass is 360 g/mol. The van der Waals surface area contributed by atoms with Crippen LogP contribution in [0.3, 0.4) is 0 Å². The van der Waals surface area contributed by atoms with Gasteiger partial charge >= 0.3 is 0 Å². The van der Waals surface area contributed by atoms with E-state index in [2.05, 4.69) is 15.9 Å². The molecule has 1 aliphatic rings. The van der Waals surface area contributed by atoms with E-state index in [1.807, 2.05) is 6.07 Å². The Morgan fingerprint density at radius 2 is 2.20 bits per heavy atom. The lowest BCUT2D eigenvalue weighted by Crippen LogP contribution is -2.36. The van der Waals surface area contributed by atoms with Crippen LogP contribution in [0.4, 0.5) is 0 Å². The number of nitrogens with zero attached hydrogens (tertiary/aromatic N) is 1. The molecule has 0 bridgehead atoms. The van der Waals surface area contributed by atoms with Gasteiger partial charge in [-0.2, -0.15) is 0 Å². The predicted octanol–water partition coefficient (Wildman–Crippen LogP) is 0.924. The molecular weight excluding hydrogens is 344 g/mol. The van der Waals surface area contributed by atoms with E-state index in [-0.39, 0.29) is 17.7 Å². The maximum absolute atomic E-state index is 12.1. The van der Waals surface area contributed by atoms with Gasteiger partial charge in [-0.15, -0.1) is 0 Å². The van der Waals surface area contributed by atoms with Gasteiger partial charge in [-0.05, 0) is 24.1 Å². The zero-order chi connectivity index (χ0) is 14.8. The second kappa shape index (κ2) is 6.24. The molecule has 1 aromatic carbocycles. The molecule has 0 unspecified atom stereocenters. The SMILES string of the molecule is N[C@H]1CCN(C(=O)CS(=O)(=O)Cc2cccc(Br)c2)C1. The molecule has 5 nitrogen and oxygen atoms in total. The summed E-state index contributed by atoms with van der Waals surface area (Å²) in [5.74, 6) is -0.933. The molecule has 7 heteroatoms. The Morgan fingerprint density at radius 1 is 1.45 bits per heavy atom. The Morgan fingerprint density at radius 3 is 2.80 bits per heavy atom. The average molecular weight is 361 g/mol. The molecule has 1 aromatic rings. The van der Waals surface area contributed by atoms with Crippen molar-refractivity contribution in [2.24, 2.45) is 5.73 Å². The lowest BCUT2D eigenvalue weighted by molar-refractivity contribution is -0.127. The summed E-state index contributed by atoms with van der Waals surface area (Å²) in [6, 6.07) is 7.04. The Labute approximate surface area is 127 Å². The van der Waals surface area contributed by atoms with Crippen molar-refractivity contribution >= 4 is 31.7 Å². The summed E-state index contributed by atoms with van der Waals surface area (Å²) in [5, 5.41) is 0. The van der Waals surface area contributed by atoms with Crippen molar-refractivity contribution in [3.63, 3.8) is 0 Å². The molecule has 0 saturated carbocycles. The Hall–Kier alpha value is -0.920. The fraction of sp³-hybridized carbons (Fsp3) is 0.462. The molecule has 1 amide bonds. The summed E-state index contributed by atoms with van der Waals surface area (Å²) in [5.41, 5.74) is 6.39. The molecule has 0 radical (unpaired) electrons. The topological polar surface area (TPSA) is 80.5 Å². The van der Waals surface area contributed by atoms with Gasteiger partial charge in [0, 0.05) is 23.6 Å². The van der Waals surface area contributed by atoms with E-state index in [1.165, 1.54) is 4.90 Å². The quantitative estimate of drug-likeness (QED) is 0.865. The minimum absolute atomic E-state index is 0.0354. The van der Waals surface area contributed by atoms with Crippen LogP contribution in [-0.2, 0) is 20.4 Å². The van der Waals surface area contributed by atoms with Crippen molar-refractivity contribution in [1.29, 1.82) is 0 Å². The second-order valence-corrected chi connectivity index (χ2v) is 8.03. The van der Waals surface area contributed by atoms with Gasteiger partial charge in [0.15, 0.2) is 9.84 Å². The standard InChI is InChI=1S/C13H17BrN2O3S/c14-11-3-1-2-10(6-11)8-20(18,19)9-13(17)16-5-4-12(15)7-16/h1-3,6,12H,4-5,7-9,15H2/t12-/m0/s1. The number of sulfone groups is 1. The van der Waals surface area contributed by atoms with Crippen LogP contribution in [0.1, 0.15) is 12.0 Å². The van der Waals surface area contributed by atoms with Crippen molar-refractivity contribution in [1.82, 2.24) is 4.90 Å². The van der Waals surface area contributed by atoms with E-state index in [4.69, 9.17) is 5.73 Å². The van der Waals surface area contributed by atoms with E-state index >= 15 is 0 Å². The minimum Gasteiger partial charge on any atom is -0.340 e. The molecule has 0 spiro atoms. The number of rotatable bonds is 4. The van der Waals surface area contributed by atoms with Gasteiger partial charge in [-0.1, -0.05) is 28.1 Å². The predicted molar refractivity (Wildman–Crippen MR) is 80.8 cm³/mol. The van der Waals surface area contributed by atoms with E-state index in [1.54, 1.807) is 18.2 Å². The maximum atomic E-state index is 12.1. The van der Waals surface area contributed by atoms with Gasteiger partial charge in [0.05, 0.1) is 5.75 Å². The van der Waals surface area contributed by atoms with Gasteiger partial charge in [0.1, 0.15) is 5.75 Å². The van der Waals surface area contributed by atoms with Crippen molar-refractivity contribution in [3.05, 3.63) is 34.3 Å². The van der Waals surface area contributed by atoms with Crippen LogP contribution in [0.25, 0.3) is 0 Å². The number of likely N-dealkylation sites (tertiary alicyclic amines) is 1. The second-order valence-electron chi connectivity index (χ2n) is 5.05. The summed E-state index contributed by atoms with van der Waals surface area (Å²) < 4.78 is 25.0. The van der Waals surface area contributed by atoms with Crippen LogP contribution in [0.2, 0.25) is 0 Å². The van der Waals surface area contributed by atoms with Crippen LogP contribution in [-0.4, -0.2) is 44.1 Å². The lowest BCUT2D eigenvalue weighted by atomic mass is 10.2. The third-order valence-corrected chi connectivity index (χ3v) is 5.15. The number of carbonyl (C=O) groups is 1. The maximum Gasteiger partial charge on any atom is 0.237 e. The van der Waals surface area contributed by atoms with Crippen molar-refractivity contribution < 1.29 is 13.2 Å². The normalized spacial score (nSPS) is 19.3. The highest BCUT2D eigenvalue weighted by molar-refractivity contribution is 9.10. The van der Waals surface area contributed by atoms with E-state index in [0.717, 1.165) is 10.9 Å².